The van der Waals surface area contributed by atoms with Crippen molar-refractivity contribution in [3.63, 3.8) is 0 Å². The second-order valence-corrected chi connectivity index (χ2v) is 5.82. The summed E-state index contributed by atoms with van der Waals surface area (Å²) in [6, 6.07) is 8.92. The van der Waals surface area contributed by atoms with E-state index in [0.29, 0.717) is 11.9 Å². The van der Waals surface area contributed by atoms with Gasteiger partial charge in [-0.25, -0.2) is 0 Å². The van der Waals surface area contributed by atoms with Gasteiger partial charge in [0.25, 0.3) is 0 Å². The Bertz CT molecular complexity index is 446. The zero-order valence-corrected chi connectivity index (χ0v) is 12.8. The van der Waals surface area contributed by atoms with Crippen molar-refractivity contribution in [3.8, 4) is 0 Å². The van der Waals surface area contributed by atoms with Crippen LogP contribution in [0.15, 0.2) is 24.3 Å². The normalized spacial score (nSPS) is 21.9. The maximum absolute atomic E-state index is 12.5. The van der Waals surface area contributed by atoms with Gasteiger partial charge >= 0.3 is 0 Å². The van der Waals surface area contributed by atoms with Crippen molar-refractivity contribution in [1.82, 2.24) is 10.2 Å². The van der Waals surface area contributed by atoms with Gasteiger partial charge in [0, 0.05) is 19.6 Å². The van der Waals surface area contributed by atoms with Crippen LogP contribution < -0.4 is 5.32 Å². The van der Waals surface area contributed by atoms with Crippen molar-refractivity contribution in [2.75, 3.05) is 20.1 Å². The molecule has 110 valence electrons. The Morgan fingerprint density at radius 3 is 2.45 bits per heavy atom. The number of fused-ring (bicyclic) bond motifs is 1. The maximum Gasteiger partial charge on any atom is 0.226 e. The Labute approximate surface area is 127 Å². The van der Waals surface area contributed by atoms with E-state index < -0.39 is 0 Å². The molecule has 1 unspecified atom stereocenters. The molecule has 2 aliphatic rings. The molecule has 3 rings (SSSR count). The minimum Gasteiger partial charge on any atom is -0.342 e. The van der Waals surface area contributed by atoms with Crippen molar-refractivity contribution >= 4 is 18.3 Å². The molecular formula is C16H23ClN2O. The van der Waals surface area contributed by atoms with Crippen LogP contribution >= 0.6 is 12.4 Å². The van der Waals surface area contributed by atoms with E-state index in [9.17, 15) is 4.79 Å². The predicted molar refractivity (Wildman–Crippen MR) is 83.2 cm³/mol. The fourth-order valence-electron chi connectivity index (χ4n) is 3.34. The fraction of sp³-hybridized carbons (Fsp3) is 0.562. The average Bonchev–Trinajstić information content (AvgIpc) is 2.90. The Balaban J connectivity index is 0.00000147. The number of halogens is 1. The topological polar surface area (TPSA) is 32.3 Å². The molecule has 1 atom stereocenters. The molecule has 1 aromatic carbocycles. The SMILES string of the molecule is CN(C(=O)C1CCCNC1)C1Cc2ccccc2C1.Cl. The summed E-state index contributed by atoms with van der Waals surface area (Å²) >= 11 is 0. The summed E-state index contributed by atoms with van der Waals surface area (Å²) in [7, 11) is 1.98. The van der Waals surface area contributed by atoms with Gasteiger partial charge in [-0.05, 0) is 43.4 Å². The maximum atomic E-state index is 12.5. The zero-order chi connectivity index (χ0) is 13.2. The summed E-state index contributed by atoms with van der Waals surface area (Å²) in [5.41, 5.74) is 2.82. The number of hydrogen-bond donors (Lipinski definition) is 1. The van der Waals surface area contributed by atoms with Crippen LogP contribution in [0.5, 0.6) is 0 Å². The number of carbonyl (C=O) groups is 1. The van der Waals surface area contributed by atoms with E-state index in [2.05, 4.69) is 29.6 Å². The lowest BCUT2D eigenvalue weighted by Gasteiger charge is -2.30. The molecule has 1 aliphatic carbocycles. The van der Waals surface area contributed by atoms with Crippen molar-refractivity contribution in [2.24, 2.45) is 5.92 Å². The van der Waals surface area contributed by atoms with Crippen LogP contribution in [0.4, 0.5) is 0 Å². The molecule has 1 aliphatic heterocycles. The zero-order valence-electron chi connectivity index (χ0n) is 12.0. The molecule has 20 heavy (non-hydrogen) atoms. The first-order valence-corrected chi connectivity index (χ1v) is 7.30. The Morgan fingerprint density at radius 2 is 1.90 bits per heavy atom. The number of amides is 1. The quantitative estimate of drug-likeness (QED) is 0.905. The Morgan fingerprint density at radius 1 is 1.25 bits per heavy atom. The highest BCUT2D eigenvalue weighted by Gasteiger charge is 2.31. The molecule has 0 saturated carbocycles. The Hall–Kier alpha value is -1.06. The molecular weight excluding hydrogens is 272 g/mol. The first-order valence-electron chi connectivity index (χ1n) is 7.30. The van der Waals surface area contributed by atoms with E-state index in [4.69, 9.17) is 0 Å². The minimum absolute atomic E-state index is 0. The van der Waals surface area contributed by atoms with Crippen LogP contribution in [0.2, 0.25) is 0 Å². The fourth-order valence-corrected chi connectivity index (χ4v) is 3.34. The van der Waals surface area contributed by atoms with E-state index >= 15 is 0 Å². The predicted octanol–water partition coefficient (Wildman–Crippen LogP) is 2.03. The number of benzene rings is 1. The van der Waals surface area contributed by atoms with Gasteiger partial charge in [-0.15, -0.1) is 12.4 Å². The smallest absolute Gasteiger partial charge is 0.226 e. The molecule has 1 heterocycles. The highest BCUT2D eigenvalue weighted by Crippen LogP contribution is 2.26. The van der Waals surface area contributed by atoms with Gasteiger partial charge in [0.05, 0.1) is 5.92 Å². The van der Waals surface area contributed by atoms with Crippen LogP contribution in [-0.4, -0.2) is 37.0 Å². The van der Waals surface area contributed by atoms with Gasteiger partial charge < -0.3 is 10.2 Å². The second kappa shape index (κ2) is 6.59. The molecule has 4 heteroatoms. The number of piperidine rings is 1. The summed E-state index contributed by atoms with van der Waals surface area (Å²) < 4.78 is 0. The molecule has 0 radical (unpaired) electrons. The van der Waals surface area contributed by atoms with E-state index in [1.54, 1.807) is 0 Å². The molecule has 1 fully saturated rings. The van der Waals surface area contributed by atoms with Gasteiger partial charge in [0.15, 0.2) is 0 Å². The van der Waals surface area contributed by atoms with E-state index in [1.165, 1.54) is 11.1 Å². The molecule has 3 nitrogen and oxygen atoms in total. The first-order chi connectivity index (χ1) is 9.25. The molecule has 1 aromatic rings. The third-order valence-electron chi connectivity index (χ3n) is 4.57. The van der Waals surface area contributed by atoms with Crippen LogP contribution in [0, 0.1) is 5.92 Å². The number of carbonyl (C=O) groups excluding carboxylic acids is 1. The van der Waals surface area contributed by atoms with E-state index in [-0.39, 0.29) is 18.3 Å². The summed E-state index contributed by atoms with van der Waals surface area (Å²) in [4.78, 5) is 14.5. The van der Waals surface area contributed by atoms with Crippen LogP contribution in [0.3, 0.4) is 0 Å². The highest BCUT2D eigenvalue weighted by molar-refractivity contribution is 5.85. The number of rotatable bonds is 2. The molecule has 1 saturated heterocycles. The number of nitrogens with zero attached hydrogens (tertiary/aromatic N) is 1. The van der Waals surface area contributed by atoms with Crippen molar-refractivity contribution < 1.29 is 4.79 Å². The highest BCUT2D eigenvalue weighted by atomic mass is 35.5. The molecule has 0 bridgehead atoms. The first kappa shape index (κ1) is 15.3. The van der Waals surface area contributed by atoms with Crippen LogP contribution in [0.1, 0.15) is 24.0 Å². The van der Waals surface area contributed by atoms with Crippen LogP contribution in [-0.2, 0) is 17.6 Å². The second-order valence-electron chi connectivity index (χ2n) is 5.82. The molecule has 0 aromatic heterocycles. The lowest BCUT2D eigenvalue weighted by molar-refractivity contribution is -0.136. The monoisotopic (exact) mass is 294 g/mol. The van der Waals surface area contributed by atoms with E-state index in [1.807, 2.05) is 11.9 Å². The van der Waals surface area contributed by atoms with Gasteiger partial charge in [0.2, 0.25) is 5.91 Å². The van der Waals surface area contributed by atoms with Crippen molar-refractivity contribution in [1.29, 1.82) is 0 Å². The van der Waals surface area contributed by atoms with Crippen molar-refractivity contribution in [2.45, 2.75) is 31.7 Å². The lowest BCUT2D eigenvalue weighted by Crippen LogP contribution is -2.45. The molecule has 1 N–H and O–H groups in total. The number of likely N-dealkylation sites (N-methyl/N-ethyl adjacent to an activating group) is 1. The summed E-state index contributed by atoms with van der Waals surface area (Å²) in [5, 5.41) is 3.33. The summed E-state index contributed by atoms with van der Waals surface area (Å²) in [6.45, 7) is 1.91. The minimum atomic E-state index is 0. The van der Waals surface area contributed by atoms with Gasteiger partial charge in [0.1, 0.15) is 0 Å². The largest absolute Gasteiger partial charge is 0.342 e. The van der Waals surface area contributed by atoms with E-state index in [0.717, 1.165) is 38.8 Å². The van der Waals surface area contributed by atoms with Crippen molar-refractivity contribution in [3.05, 3.63) is 35.4 Å². The lowest BCUT2D eigenvalue weighted by atomic mass is 9.97. The third kappa shape index (κ3) is 2.99. The number of nitrogens with one attached hydrogen (secondary N) is 1. The van der Waals surface area contributed by atoms with Gasteiger partial charge in [-0.2, -0.15) is 0 Å². The molecule has 1 amide bonds. The Kier molecular flexibility index (Phi) is 5.06. The summed E-state index contributed by atoms with van der Waals surface area (Å²) in [6.07, 6.45) is 4.18. The standard InChI is InChI=1S/C16H22N2O.ClH/c1-18(16(19)14-7-4-8-17-11-14)15-9-12-5-2-3-6-13(12)10-15;/h2-3,5-6,14-15,17H,4,7-11H2,1H3;1H. The number of hydrogen-bond acceptors (Lipinski definition) is 2. The van der Waals surface area contributed by atoms with Gasteiger partial charge in [-0.1, -0.05) is 24.3 Å². The average molecular weight is 295 g/mol. The van der Waals surface area contributed by atoms with Crippen LogP contribution in [0.25, 0.3) is 0 Å². The van der Waals surface area contributed by atoms with Gasteiger partial charge in [-0.3, -0.25) is 4.79 Å². The summed E-state index contributed by atoms with van der Waals surface area (Å²) in [5.74, 6) is 0.507. The third-order valence-corrected chi connectivity index (χ3v) is 4.57. The molecule has 0 spiro atoms.